The number of carbonyl (C=O) groups is 1. The number of para-hydroxylation sites is 1. The molecule has 0 fully saturated rings. The quantitative estimate of drug-likeness (QED) is 0.750. The Hall–Kier alpha value is -1.51. The lowest BCUT2D eigenvalue weighted by Gasteiger charge is -2.34. The van der Waals surface area contributed by atoms with E-state index >= 15 is 0 Å². The van der Waals surface area contributed by atoms with Crippen molar-refractivity contribution in [2.75, 3.05) is 24.6 Å². The predicted octanol–water partition coefficient (Wildman–Crippen LogP) is 2.25. The highest BCUT2D eigenvalue weighted by atomic mass is 16.5. The van der Waals surface area contributed by atoms with Gasteiger partial charge in [0.25, 0.3) is 0 Å². The molecule has 0 aliphatic carbocycles. The molecule has 1 unspecified atom stereocenters. The van der Waals surface area contributed by atoms with Crippen molar-refractivity contribution in [1.82, 2.24) is 0 Å². The summed E-state index contributed by atoms with van der Waals surface area (Å²) >= 11 is 0. The van der Waals surface area contributed by atoms with E-state index in [9.17, 15) is 4.79 Å². The van der Waals surface area contributed by atoms with Gasteiger partial charge in [0, 0.05) is 12.2 Å². The molecular formula is C14H19NO2. The second-order valence-electron chi connectivity index (χ2n) is 4.62. The minimum atomic E-state index is -0.142. The Morgan fingerprint density at radius 2 is 2.24 bits per heavy atom. The summed E-state index contributed by atoms with van der Waals surface area (Å²) < 4.78 is 5.01. The van der Waals surface area contributed by atoms with Gasteiger partial charge >= 0.3 is 5.97 Å². The van der Waals surface area contributed by atoms with Crippen molar-refractivity contribution in [3.63, 3.8) is 0 Å². The summed E-state index contributed by atoms with van der Waals surface area (Å²) in [6.07, 6.45) is 1.09. The Morgan fingerprint density at radius 1 is 1.47 bits per heavy atom. The third-order valence-corrected chi connectivity index (χ3v) is 3.06. The molecule has 3 heteroatoms. The monoisotopic (exact) mass is 233 g/mol. The van der Waals surface area contributed by atoms with Crippen LogP contribution >= 0.6 is 0 Å². The number of fused-ring (bicyclic) bond motifs is 1. The molecule has 0 radical (unpaired) electrons. The Bertz CT molecular complexity index is 403. The molecule has 2 rings (SSSR count). The molecule has 1 aliphatic rings. The first-order chi connectivity index (χ1) is 8.20. The normalized spacial score (nSPS) is 18.7. The fourth-order valence-electron chi connectivity index (χ4n) is 2.42. The highest BCUT2D eigenvalue weighted by molar-refractivity contribution is 5.76. The maximum Gasteiger partial charge on any atom is 0.325 e. The van der Waals surface area contributed by atoms with E-state index in [-0.39, 0.29) is 5.97 Å². The molecule has 0 aromatic heterocycles. The van der Waals surface area contributed by atoms with Crippen LogP contribution in [0.3, 0.4) is 0 Å². The first kappa shape index (κ1) is 12.0. The van der Waals surface area contributed by atoms with Gasteiger partial charge in [0.1, 0.15) is 6.54 Å². The summed E-state index contributed by atoms with van der Waals surface area (Å²) in [7, 11) is 0. The zero-order valence-corrected chi connectivity index (χ0v) is 10.5. The number of benzene rings is 1. The van der Waals surface area contributed by atoms with Crippen LogP contribution in [0.2, 0.25) is 0 Å². The van der Waals surface area contributed by atoms with Crippen molar-refractivity contribution in [2.24, 2.45) is 5.92 Å². The Morgan fingerprint density at radius 3 is 3.00 bits per heavy atom. The van der Waals surface area contributed by atoms with E-state index in [1.165, 1.54) is 11.3 Å². The summed E-state index contributed by atoms with van der Waals surface area (Å²) in [6, 6.07) is 8.30. The van der Waals surface area contributed by atoms with Gasteiger partial charge in [0.15, 0.2) is 0 Å². The Labute approximate surface area is 102 Å². The first-order valence-electron chi connectivity index (χ1n) is 6.19. The summed E-state index contributed by atoms with van der Waals surface area (Å²) in [6.45, 7) is 5.79. The third-order valence-electron chi connectivity index (χ3n) is 3.06. The first-order valence-corrected chi connectivity index (χ1v) is 6.19. The van der Waals surface area contributed by atoms with Gasteiger partial charge < -0.3 is 9.64 Å². The summed E-state index contributed by atoms with van der Waals surface area (Å²) in [4.78, 5) is 13.7. The van der Waals surface area contributed by atoms with Crippen molar-refractivity contribution in [1.29, 1.82) is 0 Å². The minimum Gasteiger partial charge on any atom is -0.465 e. The predicted molar refractivity (Wildman–Crippen MR) is 68.2 cm³/mol. The lowest BCUT2D eigenvalue weighted by molar-refractivity contribution is -0.141. The lowest BCUT2D eigenvalue weighted by atomic mass is 9.94. The molecule has 1 atom stereocenters. The molecule has 0 saturated heterocycles. The van der Waals surface area contributed by atoms with Crippen molar-refractivity contribution >= 4 is 11.7 Å². The van der Waals surface area contributed by atoms with Crippen molar-refractivity contribution < 1.29 is 9.53 Å². The van der Waals surface area contributed by atoms with Crippen LogP contribution in [-0.2, 0) is 16.0 Å². The van der Waals surface area contributed by atoms with Crippen LogP contribution in [0.25, 0.3) is 0 Å². The second-order valence-corrected chi connectivity index (χ2v) is 4.62. The van der Waals surface area contributed by atoms with Gasteiger partial charge in [-0.05, 0) is 30.9 Å². The average molecular weight is 233 g/mol. The molecule has 0 N–H and O–H groups in total. The number of anilines is 1. The minimum absolute atomic E-state index is 0.142. The number of carbonyl (C=O) groups excluding carboxylic acids is 1. The van der Waals surface area contributed by atoms with E-state index in [2.05, 4.69) is 30.0 Å². The summed E-state index contributed by atoms with van der Waals surface area (Å²) in [5.74, 6) is 0.440. The number of ether oxygens (including phenoxy) is 1. The van der Waals surface area contributed by atoms with Crippen molar-refractivity contribution in [3.8, 4) is 0 Å². The molecule has 0 bridgehead atoms. The topological polar surface area (TPSA) is 29.5 Å². The number of rotatable bonds is 3. The molecule has 92 valence electrons. The second kappa shape index (κ2) is 5.21. The standard InChI is InChI=1S/C14H19NO2/c1-3-17-14(16)10-15-9-11(2)8-12-6-4-5-7-13(12)15/h4-7,11H,3,8-10H2,1-2H3. The van der Waals surface area contributed by atoms with Gasteiger partial charge in [-0.25, -0.2) is 0 Å². The molecule has 1 heterocycles. The van der Waals surface area contributed by atoms with Crippen LogP contribution in [-0.4, -0.2) is 25.7 Å². The molecule has 0 saturated carbocycles. The van der Waals surface area contributed by atoms with Gasteiger partial charge in [-0.1, -0.05) is 25.1 Å². The molecule has 1 aromatic rings. The number of hydrogen-bond acceptors (Lipinski definition) is 3. The summed E-state index contributed by atoms with van der Waals surface area (Å²) in [5, 5.41) is 0. The zero-order valence-electron chi connectivity index (χ0n) is 10.5. The highest BCUT2D eigenvalue weighted by Crippen LogP contribution is 2.28. The van der Waals surface area contributed by atoms with Gasteiger partial charge in [0.2, 0.25) is 0 Å². The fourth-order valence-corrected chi connectivity index (χ4v) is 2.42. The molecular weight excluding hydrogens is 214 g/mol. The molecule has 17 heavy (non-hydrogen) atoms. The van der Waals surface area contributed by atoms with Crippen LogP contribution in [0.15, 0.2) is 24.3 Å². The van der Waals surface area contributed by atoms with Crippen LogP contribution in [0.1, 0.15) is 19.4 Å². The van der Waals surface area contributed by atoms with E-state index in [0.717, 1.165) is 13.0 Å². The number of nitrogens with zero attached hydrogens (tertiary/aromatic N) is 1. The molecule has 3 nitrogen and oxygen atoms in total. The van der Waals surface area contributed by atoms with E-state index in [0.29, 0.717) is 19.1 Å². The maximum atomic E-state index is 11.6. The largest absolute Gasteiger partial charge is 0.465 e. The van der Waals surface area contributed by atoms with Crippen LogP contribution in [0, 0.1) is 5.92 Å². The van der Waals surface area contributed by atoms with Crippen LogP contribution in [0.4, 0.5) is 5.69 Å². The van der Waals surface area contributed by atoms with Gasteiger partial charge in [0.05, 0.1) is 6.61 Å². The fraction of sp³-hybridized carbons (Fsp3) is 0.500. The average Bonchev–Trinajstić information content (AvgIpc) is 2.29. The molecule has 1 aromatic carbocycles. The van der Waals surface area contributed by atoms with Crippen LogP contribution < -0.4 is 4.90 Å². The van der Waals surface area contributed by atoms with E-state index in [1.807, 2.05) is 13.0 Å². The number of hydrogen-bond donors (Lipinski definition) is 0. The zero-order chi connectivity index (χ0) is 12.3. The summed E-state index contributed by atoms with van der Waals surface area (Å²) in [5.41, 5.74) is 2.51. The maximum absolute atomic E-state index is 11.6. The van der Waals surface area contributed by atoms with Gasteiger partial charge in [-0.15, -0.1) is 0 Å². The van der Waals surface area contributed by atoms with Crippen LogP contribution in [0.5, 0.6) is 0 Å². The number of esters is 1. The van der Waals surface area contributed by atoms with E-state index in [4.69, 9.17) is 4.74 Å². The van der Waals surface area contributed by atoms with E-state index in [1.54, 1.807) is 0 Å². The van der Waals surface area contributed by atoms with Gasteiger partial charge in [-0.3, -0.25) is 4.79 Å². The van der Waals surface area contributed by atoms with Gasteiger partial charge in [-0.2, -0.15) is 0 Å². The molecule has 0 spiro atoms. The molecule has 0 amide bonds. The third kappa shape index (κ3) is 2.78. The SMILES string of the molecule is CCOC(=O)CN1CC(C)Cc2ccccc21. The Kier molecular flexibility index (Phi) is 3.67. The highest BCUT2D eigenvalue weighted by Gasteiger charge is 2.23. The smallest absolute Gasteiger partial charge is 0.325 e. The molecule has 1 aliphatic heterocycles. The van der Waals surface area contributed by atoms with Crippen molar-refractivity contribution in [3.05, 3.63) is 29.8 Å². The van der Waals surface area contributed by atoms with Crippen molar-refractivity contribution in [2.45, 2.75) is 20.3 Å². The Balaban J connectivity index is 2.15. The lowest BCUT2D eigenvalue weighted by Crippen LogP contribution is -2.38. The van der Waals surface area contributed by atoms with E-state index < -0.39 is 0 Å².